The van der Waals surface area contributed by atoms with Gasteiger partial charge in [-0.3, -0.25) is 0 Å². The number of halogens is 1. The molecule has 2 rings (SSSR count). The number of benzene rings is 1. The summed E-state index contributed by atoms with van der Waals surface area (Å²) in [5.41, 5.74) is 1.87. The summed E-state index contributed by atoms with van der Waals surface area (Å²) in [4.78, 5) is 11.8. The molecule has 2 unspecified atom stereocenters. The number of urea groups is 1. The van der Waals surface area contributed by atoms with E-state index in [-0.39, 0.29) is 12.1 Å². The molecule has 4 nitrogen and oxygen atoms in total. The van der Waals surface area contributed by atoms with Crippen molar-refractivity contribution in [1.82, 2.24) is 5.32 Å². The van der Waals surface area contributed by atoms with Gasteiger partial charge in [0.25, 0.3) is 0 Å². The SMILES string of the molecule is Cc1cc(NC(=O)NCC2CCCC(O)C2)ccc1Br. The second-order valence-corrected chi connectivity index (χ2v) is 6.34. The van der Waals surface area contributed by atoms with Crippen molar-refractivity contribution >= 4 is 27.6 Å². The molecule has 20 heavy (non-hydrogen) atoms. The Balaban J connectivity index is 1.78. The van der Waals surface area contributed by atoms with Gasteiger partial charge in [0.05, 0.1) is 6.10 Å². The van der Waals surface area contributed by atoms with Gasteiger partial charge >= 0.3 is 6.03 Å². The van der Waals surface area contributed by atoms with Crippen molar-refractivity contribution in [1.29, 1.82) is 0 Å². The average Bonchev–Trinajstić information content (AvgIpc) is 2.41. The fourth-order valence-corrected chi connectivity index (χ4v) is 2.83. The van der Waals surface area contributed by atoms with Crippen LogP contribution in [0.2, 0.25) is 0 Å². The molecule has 1 aromatic carbocycles. The van der Waals surface area contributed by atoms with Crippen molar-refractivity contribution in [3.8, 4) is 0 Å². The average molecular weight is 341 g/mol. The van der Waals surface area contributed by atoms with Crippen molar-refractivity contribution in [3.63, 3.8) is 0 Å². The Bertz CT molecular complexity index is 479. The van der Waals surface area contributed by atoms with Crippen LogP contribution in [0.5, 0.6) is 0 Å². The predicted octanol–water partition coefficient (Wildman–Crippen LogP) is 3.43. The van der Waals surface area contributed by atoms with Gasteiger partial charge in [-0.15, -0.1) is 0 Å². The highest BCUT2D eigenvalue weighted by molar-refractivity contribution is 9.10. The topological polar surface area (TPSA) is 61.4 Å². The zero-order valence-corrected chi connectivity index (χ0v) is 13.2. The van der Waals surface area contributed by atoms with Crippen LogP contribution in [0.25, 0.3) is 0 Å². The normalized spacial score (nSPS) is 22.4. The van der Waals surface area contributed by atoms with Crippen LogP contribution in [0.1, 0.15) is 31.2 Å². The van der Waals surface area contributed by atoms with Crippen LogP contribution in [0.4, 0.5) is 10.5 Å². The van der Waals surface area contributed by atoms with Gasteiger partial charge in [-0.25, -0.2) is 4.79 Å². The summed E-state index contributed by atoms with van der Waals surface area (Å²) < 4.78 is 1.03. The Morgan fingerprint density at radius 3 is 2.95 bits per heavy atom. The number of aliphatic hydroxyl groups is 1. The number of aliphatic hydroxyl groups excluding tert-OH is 1. The second kappa shape index (κ2) is 7.09. The van der Waals surface area contributed by atoms with E-state index < -0.39 is 0 Å². The molecule has 0 heterocycles. The van der Waals surface area contributed by atoms with E-state index in [0.29, 0.717) is 12.5 Å². The predicted molar refractivity (Wildman–Crippen MR) is 83.9 cm³/mol. The van der Waals surface area contributed by atoms with Crippen LogP contribution in [-0.2, 0) is 0 Å². The summed E-state index contributed by atoms with van der Waals surface area (Å²) in [6.45, 7) is 2.61. The van der Waals surface area contributed by atoms with Crippen LogP contribution in [-0.4, -0.2) is 23.8 Å². The molecule has 1 fully saturated rings. The van der Waals surface area contributed by atoms with Crippen molar-refractivity contribution in [2.75, 3.05) is 11.9 Å². The Labute approximate surface area is 128 Å². The molecular weight excluding hydrogens is 320 g/mol. The molecule has 0 radical (unpaired) electrons. The molecule has 2 amide bonds. The summed E-state index contributed by atoms with van der Waals surface area (Å²) in [5.74, 6) is 0.385. The lowest BCUT2D eigenvalue weighted by atomic mass is 9.87. The van der Waals surface area contributed by atoms with Gasteiger partial charge in [0.15, 0.2) is 0 Å². The van der Waals surface area contributed by atoms with Crippen LogP contribution in [0, 0.1) is 12.8 Å². The molecule has 0 spiro atoms. The number of rotatable bonds is 3. The van der Waals surface area contributed by atoms with Gasteiger partial charge in [-0.05, 0) is 55.9 Å². The van der Waals surface area contributed by atoms with Crippen molar-refractivity contribution in [2.45, 2.75) is 38.7 Å². The lowest BCUT2D eigenvalue weighted by Crippen LogP contribution is -2.35. The number of carbonyl (C=O) groups is 1. The highest BCUT2D eigenvalue weighted by Crippen LogP contribution is 2.23. The van der Waals surface area contributed by atoms with E-state index in [2.05, 4.69) is 26.6 Å². The Kier molecular flexibility index (Phi) is 5.43. The summed E-state index contributed by atoms with van der Waals surface area (Å²) in [5, 5.41) is 15.3. The molecule has 1 saturated carbocycles. The van der Waals surface area contributed by atoms with E-state index in [1.807, 2.05) is 25.1 Å². The maximum Gasteiger partial charge on any atom is 0.319 e. The van der Waals surface area contributed by atoms with Crippen LogP contribution in [0.3, 0.4) is 0 Å². The van der Waals surface area contributed by atoms with Crippen molar-refractivity contribution in [2.24, 2.45) is 5.92 Å². The van der Waals surface area contributed by atoms with Gasteiger partial charge < -0.3 is 15.7 Å². The minimum absolute atomic E-state index is 0.188. The van der Waals surface area contributed by atoms with E-state index >= 15 is 0 Å². The lowest BCUT2D eigenvalue weighted by molar-refractivity contribution is 0.101. The lowest BCUT2D eigenvalue weighted by Gasteiger charge is -2.25. The zero-order chi connectivity index (χ0) is 14.5. The van der Waals surface area contributed by atoms with E-state index in [0.717, 1.165) is 41.4 Å². The maximum absolute atomic E-state index is 11.8. The highest BCUT2D eigenvalue weighted by Gasteiger charge is 2.20. The smallest absolute Gasteiger partial charge is 0.319 e. The first kappa shape index (κ1) is 15.3. The Hall–Kier alpha value is -1.07. The van der Waals surface area contributed by atoms with Gasteiger partial charge in [-0.1, -0.05) is 22.4 Å². The second-order valence-electron chi connectivity index (χ2n) is 5.49. The summed E-state index contributed by atoms with van der Waals surface area (Å²) in [6.07, 6.45) is 3.60. The third kappa shape index (κ3) is 4.49. The number of aryl methyl sites for hydroxylation is 1. The minimum Gasteiger partial charge on any atom is -0.393 e. The van der Waals surface area contributed by atoms with Crippen LogP contribution in [0.15, 0.2) is 22.7 Å². The van der Waals surface area contributed by atoms with Gasteiger partial charge in [0.2, 0.25) is 0 Å². The Morgan fingerprint density at radius 1 is 1.45 bits per heavy atom. The van der Waals surface area contributed by atoms with Crippen LogP contribution < -0.4 is 10.6 Å². The minimum atomic E-state index is -0.201. The van der Waals surface area contributed by atoms with Crippen molar-refractivity contribution in [3.05, 3.63) is 28.2 Å². The first-order valence-electron chi connectivity index (χ1n) is 7.03. The standard InChI is InChI=1S/C15H21BrN2O2/c1-10-7-12(5-6-14(10)16)18-15(20)17-9-11-3-2-4-13(19)8-11/h5-7,11,13,19H,2-4,8-9H2,1H3,(H2,17,18,20). The number of hydrogen-bond acceptors (Lipinski definition) is 2. The summed E-state index contributed by atoms with van der Waals surface area (Å²) in [7, 11) is 0. The number of anilines is 1. The fourth-order valence-electron chi connectivity index (χ4n) is 2.58. The fraction of sp³-hybridized carbons (Fsp3) is 0.533. The number of hydrogen-bond donors (Lipinski definition) is 3. The summed E-state index contributed by atoms with van der Waals surface area (Å²) >= 11 is 3.43. The third-order valence-electron chi connectivity index (χ3n) is 3.72. The molecule has 1 aromatic rings. The molecule has 0 aromatic heterocycles. The monoisotopic (exact) mass is 340 g/mol. The van der Waals surface area contributed by atoms with E-state index in [4.69, 9.17) is 0 Å². The molecule has 1 aliphatic rings. The molecule has 110 valence electrons. The molecule has 1 aliphatic carbocycles. The first-order chi connectivity index (χ1) is 9.54. The van der Waals surface area contributed by atoms with Crippen LogP contribution >= 0.6 is 15.9 Å². The molecule has 3 N–H and O–H groups in total. The third-order valence-corrected chi connectivity index (χ3v) is 4.61. The van der Waals surface area contributed by atoms with E-state index in [1.165, 1.54) is 0 Å². The number of carbonyl (C=O) groups excluding carboxylic acids is 1. The molecule has 0 aliphatic heterocycles. The van der Waals surface area contributed by atoms with Crippen molar-refractivity contribution < 1.29 is 9.90 Å². The van der Waals surface area contributed by atoms with Gasteiger partial charge in [0.1, 0.15) is 0 Å². The largest absolute Gasteiger partial charge is 0.393 e. The molecule has 0 saturated heterocycles. The highest BCUT2D eigenvalue weighted by atomic mass is 79.9. The first-order valence-corrected chi connectivity index (χ1v) is 7.83. The number of nitrogens with one attached hydrogen (secondary N) is 2. The van der Waals surface area contributed by atoms with E-state index in [1.54, 1.807) is 0 Å². The number of amides is 2. The Morgan fingerprint density at radius 2 is 2.25 bits per heavy atom. The molecule has 2 atom stereocenters. The summed E-state index contributed by atoms with van der Waals surface area (Å²) in [6, 6.07) is 5.52. The van der Waals surface area contributed by atoms with E-state index in [9.17, 15) is 9.90 Å². The quantitative estimate of drug-likeness (QED) is 0.789. The van der Waals surface area contributed by atoms with Gasteiger partial charge in [0, 0.05) is 16.7 Å². The molecule has 5 heteroatoms. The molecule has 0 bridgehead atoms. The zero-order valence-electron chi connectivity index (χ0n) is 11.7. The molecular formula is C15H21BrN2O2. The van der Waals surface area contributed by atoms with Gasteiger partial charge in [-0.2, -0.15) is 0 Å². The maximum atomic E-state index is 11.8.